The van der Waals surface area contributed by atoms with E-state index in [9.17, 15) is 9.90 Å². The number of halogens is 1. The third kappa shape index (κ3) is 4.12. The van der Waals surface area contributed by atoms with Crippen LogP contribution in [-0.4, -0.2) is 40.8 Å². The molecule has 1 aliphatic heterocycles. The quantitative estimate of drug-likeness (QED) is 0.497. The first-order valence-corrected chi connectivity index (χ1v) is 8.04. The van der Waals surface area contributed by atoms with Gasteiger partial charge in [0.15, 0.2) is 0 Å². The molecule has 0 radical (unpaired) electrons. The number of carbonyl (C=O) groups is 1. The molecule has 1 heterocycles. The molecule has 1 aliphatic rings. The average Bonchev–Trinajstić information content (AvgIpc) is 2.48. The SMILES string of the molecule is CC(C)(C)OC(=O)N1CCC(O)(c2ccc(Cl)cc2)C(N=[N+]=[N-])C1. The number of azide groups is 1. The second kappa shape index (κ2) is 6.89. The molecule has 7 nitrogen and oxygen atoms in total. The zero-order valence-corrected chi connectivity index (χ0v) is 14.7. The van der Waals surface area contributed by atoms with Gasteiger partial charge in [0.05, 0.1) is 6.04 Å². The minimum absolute atomic E-state index is 0.0814. The highest BCUT2D eigenvalue weighted by Crippen LogP contribution is 2.36. The molecule has 2 atom stereocenters. The number of carbonyl (C=O) groups excluding carboxylic acids is 1. The van der Waals surface area contributed by atoms with E-state index in [4.69, 9.17) is 21.9 Å². The van der Waals surface area contributed by atoms with Gasteiger partial charge in [0.2, 0.25) is 0 Å². The molecular weight excluding hydrogens is 332 g/mol. The van der Waals surface area contributed by atoms with Crippen LogP contribution in [0.15, 0.2) is 29.4 Å². The van der Waals surface area contributed by atoms with Crippen LogP contribution in [0.5, 0.6) is 0 Å². The summed E-state index contributed by atoms with van der Waals surface area (Å²) in [6.07, 6.45) is -0.254. The van der Waals surface area contributed by atoms with Gasteiger partial charge in [0.1, 0.15) is 11.2 Å². The van der Waals surface area contributed by atoms with Crippen molar-refractivity contribution in [3.63, 3.8) is 0 Å². The third-order valence-electron chi connectivity index (χ3n) is 3.89. The molecule has 1 aromatic carbocycles. The van der Waals surface area contributed by atoms with Gasteiger partial charge in [-0.15, -0.1) is 0 Å². The topological polar surface area (TPSA) is 98.5 Å². The molecule has 24 heavy (non-hydrogen) atoms. The van der Waals surface area contributed by atoms with Crippen LogP contribution in [0.2, 0.25) is 5.02 Å². The van der Waals surface area contributed by atoms with Gasteiger partial charge in [-0.3, -0.25) is 0 Å². The van der Waals surface area contributed by atoms with Crippen molar-refractivity contribution in [2.45, 2.75) is 44.4 Å². The summed E-state index contributed by atoms with van der Waals surface area (Å²) in [5.74, 6) is 0. The van der Waals surface area contributed by atoms with Crippen LogP contribution < -0.4 is 0 Å². The van der Waals surface area contributed by atoms with Crippen molar-refractivity contribution in [2.75, 3.05) is 13.1 Å². The van der Waals surface area contributed by atoms with Crippen molar-refractivity contribution in [3.8, 4) is 0 Å². The van der Waals surface area contributed by atoms with E-state index in [-0.39, 0.29) is 13.0 Å². The lowest BCUT2D eigenvalue weighted by Gasteiger charge is -2.43. The predicted octanol–water partition coefficient (Wildman–Crippen LogP) is 3.85. The maximum Gasteiger partial charge on any atom is 0.410 e. The van der Waals surface area contributed by atoms with Crippen LogP contribution in [-0.2, 0) is 10.3 Å². The van der Waals surface area contributed by atoms with Gasteiger partial charge in [0, 0.05) is 23.0 Å². The second-order valence-corrected chi connectivity index (χ2v) is 7.26. The number of rotatable bonds is 2. The summed E-state index contributed by atoms with van der Waals surface area (Å²) in [5, 5.41) is 15.3. The smallest absolute Gasteiger partial charge is 0.410 e. The molecular formula is C16H21ClN4O3. The van der Waals surface area contributed by atoms with Crippen molar-refractivity contribution >= 4 is 17.7 Å². The summed E-state index contributed by atoms with van der Waals surface area (Å²) in [7, 11) is 0. The Kier molecular flexibility index (Phi) is 5.28. The maximum absolute atomic E-state index is 12.2. The Labute approximate surface area is 145 Å². The van der Waals surface area contributed by atoms with Crippen molar-refractivity contribution in [3.05, 3.63) is 45.3 Å². The molecule has 0 aromatic heterocycles. The summed E-state index contributed by atoms with van der Waals surface area (Å²) in [4.78, 5) is 16.5. The average molecular weight is 353 g/mol. The van der Waals surface area contributed by atoms with Gasteiger partial charge in [-0.2, -0.15) is 0 Å². The van der Waals surface area contributed by atoms with Crippen molar-refractivity contribution in [1.82, 2.24) is 4.90 Å². The fourth-order valence-electron chi connectivity index (χ4n) is 2.68. The van der Waals surface area contributed by atoms with Gasteiger partial charge < -0.3 is 14.7 Å². The number of nitrogens with zero attached hydrogens (tertiary/aromatic N) is 4. The van der Waals surface area contributed by atoms with Gasteiger partial charge in [-0.05, 0) is 50.4 Å². The number of likely N-dealkylation sites (tertiary alicyclic amines) is 1. The number of benzene rings is 1. The fraction of sp³-hybridized carbons (Fsp3) is 0.562. The highest BCUT2D eigenvalue weighted by atomic mass is 35.5. The first-order valence-electron chi connectivity index (χ1n) is 7.66. The van der Waals surface area contributed by atoms with E-state index in [1.165, 1.54) is 4.90 Å². The lowest BCUT2D eigenvalue weighted by atomic mass is 9.81. The molecule has 1 fully saturated rings. The monoisotopic (exact) mass is 352 g/mol. The highest BCUT2D eigenvalue weighted by molar-refractivity contribution is 6.30. The van der Waals surface area contributed by atoms with Crippen LogP contribution in [0.4, 0.5) is 4.79 Å². The zero-order valence-electron chi connectivity index (χ0n) is 13.9. The number of hydrogen-bond donors (Lipinski definition) is 1. The second-order valence-electron chi connectivity index (χ2n) is 6.83. The van der Waals surface area contributed by atoms with E-state index in [0.29, 0.717) is 17.1 Å². The van der Waals surface area contributed by atoms with Crippen molar-refractivity contribution < 1.29 is 14.6 Å². The lowest BCUT2D eigenvalue weighted by molar-refractivity contribution is -0.0498. The molecule has 2 rings (SSSR count). The van der Waals surface area contributed by atoms with E-state index in [1.807, 2.05) is 0 Å². The Hall–Kier alpha value is -1.95. The Balaban J connectivity index is 2.23. The van der Waals surface area contributed by atoms with E-state index >= 15 is 0 Å². The van der Waals surface area contributed by atoms with Crippen LogP contribution in [0.3, 0.4) is 0 Å². The minimum Gasteiger partial charge on any atom is -0.444 e. The van der Waals surface area contributed by atoms with Crippen LogP contribution >= 0.6 is 11.6 Å². The number of aliphatic hydroxyl groups is 1. The lowest BCUT2D eigenvalue weighted by Crippen LogP contribution is -2.54. The van der Waals surface area contributed by atoms with Gasteiger partial charge >= 0.3 is 6.09 Å². The van der Waals surface area contributed by atoms with Gasteiger partial charge in [0.25, 0.3) is 0 Å². The van der Waals surface area contributed by atoms with Crippen LogP contribution in [0, 0.1) is 0 Å². The summed E-state index contributed by atoms with van der Waals surface area (Å²) in [6.45, 7) is 5.72. The highest BCUT2D eigenvalue weighted by Gasteiger charge is 2.44. The number of hydrogen-bond acceptors (Lipinski definition) is 4. The zero-order chi connectivity index (χ0) is 18.0. The molecule has 0 bridgehead atoms. The van der Waals surface area contributed by atoms with Gasteiger partial charge in [-0.1, -0.05) is 28.8 Å². The molecule has 1 N–H and O–H groups in total. The van der Waals surface area contributed by atoms with E-state index in [2.05, 4.69) is 10.0 Å². The summed E-state index contributed by atoms with van der Waals surface area (Å²) < 4.78 is 5.35. The molecule has 1 saturated heterocycles. The largest absolute Gasteiger partial charge is 0.444 e. The number of ether oxygens (including phenoxy) is 1. The van der Waals surface area contributed by atoms with E-state index in [1.54, 1.807) is 45.0 Å². The maximum atomic E-state index is 12.2. The first kappa shape index (κ1) is 18.4. The van der Waals surface area contributed by atoms with Crippen molar-refractivity contribution in [2.24, 2.45) is 5.11 Å². The molecule has 130 valence electrons. The molecule has 0 saturated carbocycles. The predicted molar refractivity (Wildman–Crippen MR) is 90.7 cm³/mol. The molecule has 2 unspecified atom stereocenters. The molecule has 1 aromatic rings. The summed E-state index contributed by atoms with van der Waals surface area (Å²) in [5.41, 5.74) is 7.48. The number of piperidine rings is 1. The Morgan fingerprint density at radius 3 is 2.62 bits per heavy atom. The number of amides is 1. The Bertz CT molecular complexity index is 652. The van der Waals surface area contributed by atoms with Crippen LogP contribution in [0.1, 0.15) is 32.8 Å². The summed E-state index contributed by atoms with van der Waals surface area (Å²) >= 11 is 5.89. The molecule has 8 heteroatoms. The summed E-state index contributed by atoms with van der Waals surface area (Å²) in [6, 6.07) is 5.92. The molecule has 0 aliphatic carbocycles. The first-order chi connectivity index (χ1) is 11.2. The third-order valence-corrected chi connectivity index (χ3v) is 4.15. The van der Waals surface area contributed by atoms with E-state index < -0.39 is 23.3 Å². The van der Waals surface area contributed by atoms with Crippen LogP contribution in [0.25, 0.3) is 10.4 Å². The van der Waals surface area contributed by atoms with Crippen molar-refractivity contribution in [1.29, 1.82) is 0 Å². The molecule has 0 spiro atoms. The normalized spacial score (nSPS) is 24.2. The fourth-order valence-corrected chi connectivity index (χ4v) is 2.81. The molecule has 1 amide bonds. The minimum atomic E-state index is -1.35. The Morgan fingerprint density at radius 2 is 2.08 bits per heavy atom. The van der Waals surface area contributed by atoms with Gasteiger partial charge in [-0.25, -0.2) is 4.79 Å². The Morgan fingerprint density at radius 1 is 1.46 bits per heavy atom. The standard InChI is InChI=1S/C16H21ClN4O3/c1-15(2,3)24-14(22)21-9-8-16(23,13(10-21)19-20-18)11-4-6-12(17)7-5-11/h4-7,13,23H,8-10H2,1-3H3. The van der Waals surface area contributed by atoms with E-state index in [0.717, 1.165) is 0 Å².